The highest BCUT2D eigenvalue weighted by atomic mass is 32.2. The van der Waals surface area contributed by atoms with E-state index in [1.807, 2.05) is 17.8 Å². The molecule has 5 rings (SSSR count). The van der Waals surface area contributed by atoms with Gasteiger partial charge < -0.3 is 36.6 Å². The Bertz CT molecular complexity index is 1830. The van der Waals surface area contributed by atoms with Crippen molar-refractivity contribution in [3.05, 3.63) is 101 Å². The van der Waals surface area contributed by atoms with Crippen LogP contribution in [0.15, 0.2) is 78.9 Å². The molecule has 14 heteroatoms. The van der Waals surface area contributed by atoms with Crippen LogP contribution in [0, 0.1) is 0 Å². The van der Waals surface area contributed by atoms with Crippen molar-refractivity contribution in [1.29, 1.82) is 0 Å². The highest BCUT2D eigenvalue weighted by Gasteiger charge is 2.42. The van der Waals surface area contributed by atoms with E-state index in [1.54, 1.807) is 79.9 Å². The number of amides is 6. The molecule has 4 atom stereocenters. The molecule has 2 aliphatic heterocycles. The van der Waals surface area contributed by atoms with Crippen molar-refractivity contribution in [3.63, 3.8) is 0 Å². The van der Waals surface area contributed by atoms with E-state index < -0.39 is 6.04 Å². The lowest BCUT2D eigenvalue weighted by Gasteiger charge is -2.19. The molecule has 310 valence electrons. The monoisotopic (exact) mass is 812 g/mol. The second-order valence-corrected chi connectivity index (χ2v) is 16.0. The Balaban J connectivity index is 0.959. The van der Waals surface area contributed by atoms with Crippen molar-refractivity contribution >= 4 is 47.2 Å². The highest BCUT2D eigenvalue weighted by Crippen LogP contribution is 2.33. The Morgan fingerprint density at radius 2 is 1.31 bits per heavy atom. The van der Waals surface area contributed by atoms with Crippen molar-refractivity contribution in [1.82, 2.24) is 31.9 Å². The molecule has 0 aliphatic carbocycles. The number of fused-ring (bicyclic) bond motifs is 1. The topological polar surface area (TPSA) is 184 Å². The fourth-order valence-corrected chi connectivity index (χ4v) is 8.63. The smallest absolute Gasteiger partial charge is 0.315 e. The number of benzene rings is 3. The summed E-state index contributed by atoms with van der Waals surface area (Å²) < 4.78 is 5.19. The maximum Gasteiger partial charge on any atom is 0.315 e. The maximum atomic E-state index is 13.3. The third-order valence-electron chi connectivity index (χ3n) is 10.4. The van der Waals surface area contributed by atoms with Gasteiger partial charge in [-0.2, -0.15) is 11.8 Å². The summed E-state index contributed by atoms with van der Waals surface area (Å²) in [7, 11) is 1.55. The van der Waals surface area contributed by atoms with Crippen LogP contribution < -0.4 is 36.6 Å². The number of ketones is 1. The van der Waals surface area contributed by atoms with E-state index in [0.29, 0.717) is 78.6 Å². The predicted octanol–water partition coefficient (Wildman–Crippen LogP) is 5.14. The second-order valence-electron chi connectivity index (χ2n) is 14.7. The number of rotatable bonds is 24. The first kappa shape index (κ1) is 43.7. The molecule has 0 spiro atoms. The van der Waals surface area contributed by atoms with Gasteiger partial charge in [0.05, 0.1) is 19.2 Å². The molecular weight excluding hydrogens is 757 g/mol. The minimum atomic E-state index is -0.760. The van der Waals surface area contributed by atoms with Crippen LogP contribution >= 0.6 is 11.8 Å². The van der Waals surface area contributed by atoms with Crippen LogP contribution in [-0.4, -0.2) is 91.3 Å². The minimum Gasteiger partial charge on any atom is -0.497 e. The number of ether oxygens (including phenoxy) is 1. The van der Waals surface area contributed by atoms with Gasteiger partial charge in [-0.3, -0.25) is 24.0 Å². The SMILES string of the molecule is COc1ccc(C(=O)N[C@@H](CCCCNC(=O)c2ccc(C(=O)c3ccccc3)cc2)C(=O)NCCCCCCNC(=O)CCCC[C@@H]2SCC3NC(=O)NC32)cc1. The molecule has 2 heterocycles. The molecule has 13 nitrogen and oxygen atoms in total. The van der Waals surface area contributed by atoms with Gasteiger partial charge in [-0.15, -0.1) is 0 Å². The zero-order valence-corrected chi connectivity index (χ0v) is 34.0. The van der Waals surface area contributed by atoms with Gasteiger partial charge in [0.2, 0.25) is 11.8 Å². The van der Waals surface area contributed by atoms with E-state index in [1.165, 1.54) is 0 Å². The van der Waals surface area contributed by atoms with Crippen molar-refractivity contribution in [2.24, 2.45) is 0 Å². The van der Waals surface area contributed by atoms with Crippen LogP contribution in [0.5, 0.6) is 5.75 Å². The van der Waals surface area contributed by atoms with Gasteiger partial charge in [-0.25, -0.2) is 4.79 Å². The van der Waals surface area contributed by atoms with Crippen molar-refractivity contribution in [3.8, 4) is 5.75 Å². The minimum absolute atomic E-state index is 0.0633. The predicted molar refractivity (Wildman–Crippen MR) is 225 cm³/mol. The summed E-state index contributed by atoms with van der Waals surface area (Å²) in [4.78, 5) is 75.7. The molecule has 0 aromatic heterocycles. The summed E-state index contributed by atoms with van der Waals surface area (Å²) in [5.41, 5.74) is 1.93. The largest absolute Gasteiger partial charge is 0.497 e. The molecule has 0 radical (unpaired) electrons. The average Bonchev–Trinajstić information content (AvgIpc) is 3.81. The van der Waals surface area contributed by atoms with E-state index in [9.17, 15) is 28.8 Å². The zero-order valence-electron chi connectivity index (χ0n) is 33.2. The Labute approximate surface area is 345 Å². The van der Waals surface area contributed by atoms with Crippen LogP contribution in [-0.2, 0) is 9.59 Å². The molecule has 0 bridgehead atoms. The average molecular weight is 813 g/mol. The third kappa shape index (κ3) is 13.6. The van der Waals surface area contributed by atoms with Gasteiger partial charge in [0.15, 0.2) is 5.78 Å². The number of urea groups is 1. The summed E-state index contributed by atoms with van der Waals surface area (Å²) in [6, 6.07) is 21.8. The number of unbranched alkanes of at least 4 members (excludes halogenated alkanes) is 5. The third-order valence-corrected chi connectivity index (χ3v) is 11.9. The summed E-state index contributed by atoms with van der Waals surface area (Å²) in [5.74, 6) is 0.624. The van der Waals surface area contributed by atoms with E-state index in [-0.39, 0.29) is 47.5 Å². The van der Waals surface area contributed by atoms with E-state index in [0.717, 1.165) is 50.7 Å². The second kappa shape index (κ2) is 23.1. The fourth-order valence-electron chi connectivity index (χ4n) is 7.09. The van der Waals surface area contributed by atoms with Gasteiger partial charge in [0.1, 0.15) is 11.8 Å². The molecular formula is C44H56N6O7S. The lowest BCUT2D eigenvalue weighted by atomic mass is 10.0. The summed E-state index contributed by atoms with van der Waals surface area (Å²) in [5, 5.41) is 18.1. The van der Waals surface area contributed by atoms with Crippen LogP contribution in [0.25, 0.3) is 0 Å². The first-order valence-electron chi connectivity index (χ1n) is 20.4. The van der Waals surface area contributed by atoms with E-state index in [2.05, 4.69) is 31.9 Å². The van der Waals surface area contributed by atoms with Gasteiger partial charge in [-0.05, 0) is 81.3 Å². The number of hydrogen-bond donors (Lipinski definition) is 6. The molecule has 6 amide bonds. The molecule has 3 aromatic rings. The lowest BCUT2D eigenvalue weighted by Crippen LogP contribution is -2.47. The van der Waals surface area contributed by atoms with Crippen LogP contribution in [0.2, 0.25) is 0 Å². The first-order valence-corrected chi connectivity index (χ1v) is 21.4. The molecule has 2 saturated heterocycles. The highest BCUT2D eigenvalue weighted by molar-refractivity contribution is 8.00. The molecule has 6 N–H and O–H groups in total. The molecule has 3 aromatic carbocycles. The number of nitrogens with one attached hydrogen (secondary N) is 6. The standard InChI is InChI=1S/C44H56N6O7S/c1-57-34-24-22-33(23-25-34)42(54)48-35(15-9-12-28-46-41(53)32-20-18-31(19-21-32)40(52)30-13-5-4-6-14-30)43(55)47-27-11-3-2-10-26-45-38(51)17-8-7-16-37-39-36(29-58-37)49-44(56)50-39/h4-6,13-14,18-25,35-37,39H,2-3,7-12,15-17,26-29H2,1H3,(H,45,51)(H,46,53)(H,47,55)(H,48,54)(H2,49,50,56)/t35-,36?,37-,39?/m0/s1. The molecule has 58 heavy (non-hydrogen) atoms. The van der Waals surface area contributed by atoms with Crippen LogP contribution in [0.1, 0.15) is 107 Å². The summed E-state index contributed by atoms with van der Waals surface area (Å²) in [6.07, 6.45) is 8.25. The number of methoxy groups -OCH3 is 1. The van der Waals surface area contributed by atoms with Crippen molar-refractivity contribution in [2.75, 3.05) is 32.5 Å². The van der Waals surface area contributed by atoms with Crippen LogP contribution in [0.4, 0.5) is 4.79 Å². The molecule has 2 aliphatic rings. The Kier molecular flexibility index (Phi) is 17.5. The zero-order chi connectivity index (χ0) is 41.1. The quantitative estimate of drug-likeness (QED) is 0.0408. The maximum absolute atomic E-state index is 13.3. The van der Waals surface area contributed by atoms with Crippen LogP contribution in [0.3, 0.4) is 0 Å². The van der Waals surface area contributed by atoms with Gasteiger partial charge in [0, 0.05) is 59.3 Å². The first-order chi connectivity index (χ1) is 28.2. The lowest BCUT2D eigenvalue weighted by molar-refractivity contribution is -0.123. The normalized spacial score (nSPS) is 17.3. The van der Waals surface area contributed by atoms with Gasteiger partial charge in [-0.1, -0.05) is 61.7 Å². The van der Waals surface area contributed by atoms with E-state index in [4.69, 9.17) is 4.74 Å². The summed E-state index contributed by atoms with van der Waals surface area (Å²) >= 11 is 1.89. The fraction of sp³-hybridized carbons (Fsp3) is 0.455. The van der Waals surface area contributed by atoms with Gasteiger partial charge >= 0.3 is 6.03 Å². The molecule has 0 saturated carbocycles. The van der Waals surface area contributed by atoms with Crippen molar-refractivity contribution < 1.29 is 33.5 Å². The Hall–Kier alpha value is -5.37. The Morgan fingerprint density at radius 1 is 0.690 bits per heavy atom. The number of thioether (sulfide) groups is 1. The van der Waals surface area contributed by atoms with E-state index >= 15 is 0 Å². The van der Waals surface area contributed by atoms with Gasteiger partial charge in [0.25, 0.3) is 11.8 Å². The number of carbonyl (C=O) groups is 6. The van der Waals surface area contributed by atoms with Crippen molar-refractivity contribution in [2.45, 2.75) is 94.0 Å². The number of carbonyl (C=O) groups excluding carboxylic acids is 6. The molecule has 2 fully saturated rings. The summed E-state index contributed by atoms with van der Waals surface area (Å²) in [6.45, 7) is 1.46. The Morgan fingerprint density at radius 3 is 2.03 bits per heavy atom. The molecule has 2 unspecified atom stereocenters. The number of hydrogen-bond acceptors (Lipinski definition) is 8.